The summed E-state index contributed by atoms with van der Waals surface area (Å²) in [7, 11) is 0. The summed E-state index contributed by atoms with van der Waals surface area (Å²) in [5.74, 6) is 1.43. The second-order valence-corrected chi connectivity index (χ2v) is 9.02. The van der Waals surface area contributed by atoms with E-state index in [1.165, 1.54) is 11.1 Å². The number of aromatic nitrogens is 3. The Balaban J connectivity index is 1.27. The zero-order valence-electron chi connectivity index (χ0n) is 19.3. The number of rotatable bonds is 5. The highest BCUT2D eigenvalue weighted by atomic mass is 16.2. The molecule has 1 amide bonds. The summed E-state index contributed by atoms with van der Waals surface area (Å²) in [4.78, 5) is 31.3. The first-order chi connectivity index (χ1) is 16.0. The van der Waals surface area contributed by atoms with Crippen LogP contribution in [-0.2, 0) is 17.8 Å². The molecule has 0 saturated carbocycles. The minimum Gasteiger partial charge on any atom is -0.333 e. The first kappa shape index (κ1) is 21.5. The van der Waals surface area contributed by atoms with Crippen LogP contribution in [0.4, 0.5) is 11.8 Å². The number of aryl methyl sites for hydroxylation is 2. The first-order valence-electron chi connectivity index (χ1n) is 11.7. The summed E-state index contributed by atoms with van der Waals surface area (Å²) >= 11 is 0. The topological polar surface area (TPSA) is 74.2 Å². The molecule has 3 aromatic rings. The van der Waals surface area contributed by atoms with E-state index in [0.717, 1.165) is 56.0 Å². The summed E-state index contributed by atoms with van der Waals surface area (Å²) in [6, 6.07) is 16.4. The predicted molar refractivity (Wildman–Crippen MR) is 128 cm³/mol. The van der Waals surface area contributed by atoms with Gasteiger partial charge in [0, 0.05) is 31.0 Å². The van der Waals surface area contributed by atoms with Gasteiger partial charge >= 0.3 is 0 Å². The van der Waals surface area contributed by atoms with Crippen LogP contribution < -0.4 is 5.32 Å². The molecule has 2 aliphatic heterocycles. The Morgan fingerprint density at radius 2 is 1.79 bits per heavy atom. The fraction of sp³-hybridized carbons (Fsp3) is 0.385. The summed E-state index contributed by atoms with van der Waals surface area (Å²) in [6.07, 6.45) is 2.94. The van der Waals surface area contributed by atoms with E-state index in [9.17, 15) is 4.79 Å². The normalized spacial score (nSPS) is 18.2. The van der Waals surface area contributed by atoms with Crippen LogP contribution in [0.5, 0.6) is 0 Å². The van der Waals surface area contributed by atoms with Crippen LogP contribution in [0.25, 0.3) is 0 Å². The molecule has 4 heterocycles. The van der Waals surface area contributed by atoms with Gasteiger partial charge in [-0.25, -0.2) is 15.0 Å². The molecule has 0 radical (unpaired) electrons. The highest BCUT2D eigenvalue weighted by molar-refractivity contribution is 5.79. The second-order valence-electron chi connectivity index (χ2n) is 9.02. The van der Waals surface area contributed by atoms with Crippen LogP contribution in [0.15, 0.2) is 48.5 Å². The van der Waals surface area contributed by atoms with Gasteiger partial charge in [0.1, 0.15) is 5.82 Å². The number of pyridine rings is 1. The Hall–Kier alpha value is -3.32. The Morgan fingerprint density at radius 1 is 1.00 bits per heavy atom. The van der Waals surface area contributed by atoms with Gasteiger partial charge in [0.2, 0.25) is 11.9 Å². The molecule has 2 aliphatic rings. The Bertz CT molecular complexity index is 1140. The fourth-order valence-corrected chi connectivity index (χ4v) is 4.95. The van der Waals surface area contributed by atoms with Crippen LogP contribution in [0.1, 0.15) is 47.1 Å². The van der Waals surface area contributed by atoms with E-state index in [-0.39, 0.29) is 11.9 Å². The maximum absolute atomic E-state index is 13.3. The van der Waals surface area contributed by atoms with Crippen molar-refractivity contribution in [1.82, 2.24) is 24.8 Å². The van der Waals surface area contributed by atoms with E-state index < -0.39 is 0 Å². The van der Waals surface area contributed by atoms with E-state index in [0.29, 0.717) is 18.3 Å². The number of nitrogens with one attached hydrogen (secondary N) is 1. The zero-order valence-corrected chi connectivity index (χ0v) is 19.3. The minimum atomic E-state index is 0.0106. The van der Waals surface area contributed by atoms with Crippen molar-refractivity contribution in [3.63, 3.8) is 0 Å². The number of fused-ring (bicyclic) bond motifs is 1. The number of hydrogen-bond donors (Lipinski definition) is 1. The standard InChI is InChI=1S/C26H30N6O/c1-18-15-19(2)28-26(27-18)30-24-11-5-9-22(29-24)23-10-6-13-32(23)25(33)17-31-14-12-20-7-3-4-8-21(20)16-31/h3-5,7-9,11,15,23H,6,10,12-14,16-17H2,1-2H3,(H,27,28,29,30)/t23-/m1/s1. The Kier molecular flexibility index (Phi) is 6.05. The van der Waals surface area contributed by atoms with Gasteiger partial charge in [0.15, 0.2) is 0 Å². The van der Waals surface area contributed by atoms with E-state index in [2.05, 4.69) is 44.5 Å². The second kappa shape index (κ2) is 9.27. The third-order valence-corrected chi connectivity index (χ3v) is 6.48. The molecule has 5 rings (SSSR count). The molecule has 2 aromatic heterocycles. The number of amides is 1. The molecule has 1 atom stereocenters. The molecule has 7 nitrogen and oxygen atoms in total. The molecule has 0 aliphatic carbocycles. The van der Waals surface area contributed by atoms with Gasteiger partial charge in [-0.2, -0.15) is 0 Å². The number of nitrogens with zero attached hydrogens (tertiary/aromatic N) is 5. The van der Waals surface area contributed by atoms with E-state index in [1.807, 2.05) is 43.0 Å². The summed E-state index contributed by atoms with van der Waals surface area (Å²) < 4.78 is 0. The van der Waals surface area contributed by atoms with Crippen molar-refractivity contribution in [2.24, 2.45) is 0 Å². The van der Waals surface area contributed by atoms with Crippen LogP contribution in [0.3, 0.4) is 0 Å². The van der Waals surface area contributed by atoms with Gasteiger partial charge in [0.05, 0.1) is 18.3 Å². The molecule has 170 valence electrons. The zero-order chi connectivity index (χ0) is 22.8. The quantitative estimate of drug-likeness (QED) is 0.645. The Labute approximate surface area is 194 Å². The molecule has 1 aromatic carbocycles. The van der Waals surface area contributed by atoms with Crippen LogP contribution >= 0.6 is 0 Å². The van der Waals surface area contributed by atoms with E-state index >= 15 is 0 Å². The van der Waals surface area contributed by atoms with Gasteiger partial charge in [-0.05, 0) is 62.4 Å². The van der Waals surface area contributed by atoms with E-state index in [1.54, 1.807) is 0 Å². The molecule has 0 bridgehead atoms. The average Bonchev–Trinajstić information content (AvgIpc) is 3.29. The highest BCUT2D eigenvalue weighted by Gasteiger charge is 2.32. The molecule has 1 fully saturated rings. The smallest absolute Gasteiger partial charge is 0.237 e. The molecule has 1 N–H and O–H groups in total. The van der Waals surface area contributed by atoms with Crippen LogP contribution in [0, 0.1) is 13.8 Å². The van der Waals surface area contributed by atoms with Crippen molar-refractivity contribution in [2.75, 3.05) is 25.0 Å². The van der Waals surface area contributed by atoms with Crippen molar-refractivity contribution in [3.05, 3.63) is 76.7 Å². The maximum Gasteiger partial charge on any atom is 0.237 e. The summed E-state index contributed by atoms with van der Waals surface area (Å²) in [6.45, 7) is 6.91. The van der Waals surface area contributed by atoms with Crippen molar-refractivity contribution < 1.29 is 4.79 Å². The predicted octanol–water partition coefficient (Wildman–Crippen LogP) is 3.95. The lowest BCUT2D eigenvalue weighted by molar-refractivity contribution is -0.133. The van der Waals surface area contributed by atoms with Crippen LogP contribution in [-0.4, -0.2) is 50.3 Å². The SMILES string of the molecule is Cc1cc(C)nc(Nc2cccc([C@H]3CCCN3C(=O)CN3CCc4ccccc4C3)n2)n1. The minimum absolute atomic E-state index is 0.0106. The average molecular weight is 443 g/mol. The number of likely N-dealkylation sites (tertiary alicyclic amines) is 1. The molecule has 33 heavy (non-hydrogen) atoms. The lowest BCUT2D eigenvalue weighted by atomic mass is 10.00. The molecule has 0 spiro atoms. The maximum atomic E-state index is 13.3. The monoisotopic (exact) mass is 442 g/mol. The third-order valence-electron chi connectivity index (χ3n) is 6.48. The number of anilines is 2. The largest absolute Gasteiger partial charge is 0.333 e. The molecular formula is C26H30N6O. The van der Waals surface area contributed by atoms with Crippen LogP contribution in [0.2, 0.25) is 0 Å². The van der Waals surface area contributed by atoms with Crippen molar-refractivity contribution in [3.8, 4) is 0 Å². The number of hydrogen-bond acceptors (Lipinski definition) is 6. The molecule has 0 unspecified atom stereocenters. The molecule has 1 saturated heterocycles. The lowest BCUT2D eigenvalue weighted by Gasteiger charge is -2.31. The van der Waals surface area contributed by atoms with Crippen molar-refractivity contribution in [2.45, 2.75) is 45.7 Å². The number of carbonyl (C=O) groups is 1. The van der Waals surface area contributed by atoms with Crippen molar-refractivity contribution >= 4 is 17.7 Å². The number of carbonyl (C=O) groups excluding carboxylic acids is 1. The van der Waals surface area contributed by atoms with Gasteiger partial charge in [-0.3, -0.25) is 9.69 Å². The summed E-state index contributed by atoms with van der Waals surface area (Å²) in [5, 5.41) is 3.22. The fourth-order valence-electron chi connectivity index (χ4n) is 4.95. The molecular weight excluding hydrogens is 412 g/mol. The van der Waals surface area contributed by atoms with Gasteiger partial charge in [0.25, 0.3) is 0 Å². The van der Waals surface area contributed by atoms with Crippen molar-refractivity contribution in [1.29, 1.82) is 0 Å². The number of benzene rings is 1. The van der Waals surface area contributed by atoms with Gasteiger partial charge < -0.3 is 10.2 Å². The molecule has 7 heteroatoms. The third kappa shape index (κ3) is 4.88. The first-order valence-corrected chi connectivity index (χ1v) is 11.7. The van der Waals surface area contributed by atoms with E-state index in [4.69, 9.17) is 4.98 Å². The summed E-state index contributed by atoms with van der Waals surface area (Å²) in [5.41, 5.74) is 5.48. The highest BCUT2D eigenvalue weighted by Crippen LogP contribution is 2.32. The van der Waals surface area contributed by atoms with Gasteiger partial charge in [-0.1, -0.05) is 30.3 Å². The van der Waals surface area contributed by atoms with Gasteiger partial charge in [-0.15, -0.1) is 0 Å². The Morgan fingerprint density at radius 3 is 2.61 bits per heavy atom. The lowest BCUT2D eigenvalue weighted by Crippen LogP contribution is -2.42.